The van der Waals surface area contributed by atoms with Gasteiger partial charge >= 0.3 is 0 Å². The van der Waals surface area contributed by atoms with Gasteiger partial charge in [-0.1, -0.05) is 23.7 Å². The van der Waals surface area contributed by atoms with Crippen molar-refractivity contribution in [3.8, 4) is 5.75 Å². The van der Waals surface area contributed by atoms with Crippen LogP contribution >= 0.6 is 11.6 Å². The number of nitrogens with one attached hydrogen (secondary N) is 1. The van der Waals surface area contributed by atoms with Crippen LogP contribution in [0.25, 0.3) is 0 Å². The number of halogens is 1. The van der Waals surface area contributed by atoms with Crippen molar-refractivity contribution in [2.75, 3.05) is 12.1 Å². The molecule has 0 saturated carbocycles. The number of hydrogen-bond donors (Lipinski definition) is 2. The fourth-order valence-electron chi connectivity index (χ4n) is 0.764. The van der Waals surface area contributed by atoms with Gasteiger partial charge in [0.15, 0.2) is 0 Å². The standard InChI is InChI=1S/C9H10ClNO2/c10-6-3-7-13-11-8-4-1-2-5-9(8)12/h1-6,11-12H,7H2. The Morgan fingerprint density at radius 1 is 1.46 bits per heavy atom. The molecule has 13 heavy (non-hydrogen) atoms. The maximum atomic E-state index is 9.28. The van der Waals surface area contributed by atoms with Gasteiger partial charge in [0.05, 0.1) is 6.61 Å². The summed E-state index contributed by atoms with van der Waals surface area (Å²) in [5.41, 5.74) is 4.49. The van der Waals surface area contributed by atoms with Gasteiger partial charge in [-0.15, -0.1) is 0 Å². The van der Waals surface area contributed by atoms with Crippen molar-refractivity contribution in [2.45, 2.75) is 0 Å². The van der Waals surface area contributed by atoms with E-state index in [0.717, 1.165) is 0 Å². The molecule has 0 spiro atoms. The van der Waals surface area contributed by atoms with Gasteiger partial charge in [-0.2, -0.15) is 0 Å². The number of para-hydroxylation sites is 2. The van der Waals surface area contributed by atoms with Crippen LogP contribution in [0.2, 0.25) is 0 Å². The summed E-state index contributed by atoms with van der Waals surface area (Å²) in [6, 6.07) is 6.81. The average molecular weight is 200 g/mol. The van der Waals surface area contributed by atoms with Crippen LogP contribution in [-0.2, 0) is 4.84 Å². The molecule has 0 bridgehead atoms. The lowest BCUT2D eigenvalue weighted by atomic mass is 10.3. The minimum atomic E-state index is 0.150. The highest BCUT2D eigenvalue weighted by Gasteiger charge is 1.96. The highest BCUT2D eigenvalue weighted by molar-refractivity contribution is 6.25. The molecule has 1 aromatic carbocycles. The third-order valence-electron chi connectivity index (χ3n) is 1.35. The van der Waals surface area contributed by atoms with Gasteiger partial charge < -0.3 is 5.11 Å². The Hall–Kier alpha value is -1.19. The molecule has 0 fully saturated rings. The number of hydrogen-bond acceptors (Lipinski definition) is 3. The van der Waals surface area contributed by atoms with Crippen LogP contribution in [0.1, 0.15) is 0 Å². The van der Waals surface area contributed by atoms with Crippen molar-refractivity contribution in [1.29, 1.82) is 0 Å². The second-order valence-electron chi connectivity index (χ2n) is 2.29. The monoisotopic (exact) mass is 199 g/mol. The molecule has 0 aromatic heterocycles. The van der Waals surface area contributed by atoms with Crippen LogP contribution in [0.3, 0.4) is 0 Å². The van der Waals surface area contributed by atoms with Crippen molar-refractivity contribution < 1.29 is 9.94 Å². The molecule has 4 heteroatoms. The van der Waals surface area contributed by atoms with Crippen molar-refractivity contribution in [2.24, 2.45) is 0 Å². The molecule has 2 N–H and O–H groups in total. The fraction of sp³-hybridized carbons (Fsp3) is 0.111. The molecule has 0 amide bonds. The Labute approximate surface area is 81.6 Å². The largest absolute Gasteiger partial charge is 0.506 e. The second kappa shape index (κ2) is 5.45. The summed E-state index contributed by atoms with van der Waals surface area (Å²) in [5, 5.41) is 9.28. The van der Waals surface area contributed by atoms with Crippen molar-refractivity contribution in [3.63, 3.8) is 0 Å². The van der Waals surface area contributed by atoms with Gasteiger partial charge in [-0.05, 0) is 18.2 Å². The van der Waals surface area contributed by atoms with Crippen LogP contribution in [-0.4, -0.2) is 11.7 Å². The molecule has 3 nitrogen and oxygen atoms in total. The normalized spacial score (nSPS) is 10.5. The van der Waals surface area contributed by atoms with E-state index < -0.39 is 0 Å². The van der Waals surface area contributed by atoms with Gasteiger partial charge in [0.2, 0.25) is 0 Å². The summed E-state index contributed by atoms with van der Waals surface area (Å²) in [4.78, 5) is 4.96. The van der Waals surface area contributed by atoms with Gasteiger partial charge in [0.1, 0.15) is 11.4 Å². The quantitative estimate of drug-likeness (QED) is 0.445. The Morgan fingerprint density at radius 2 is 2.23 bits per heavy atom. The highest BCUT2D eigenvalue weighted by Crippen LogP contribution is 2.20. The van der Waals surface area contributed by atoms with Gasteiger partial charge in [0.25, 0.3) is 0 Å². The Balaban J connectivity index is 2.41. The summed E-state index contributed by atoms with van der Waals surface area (Å²) < 4.78 is 0. The predicted octanol–water partition coefficient (Wildman–Crippen LogP) is 2.49. The van der Waals surface area contributed by atoms with Crippen LogP contribution in [0, 0.1) is 0 Å². The lowest BCUT2D eigenvalue weighted by Gasteiger charge is -2.05. The first-order valence-corrected chi connectivity index (χ1v) is 4.19. The summed E-state index contributed by atoms with van der Waals surface area (Å²) in [6.45, 7) is 0.345. The molecule has 0 unspecified atom stereocenters. The second-order valence-corrected chi connectivity index (χ2v) is 2.54. The van der Waals surface area contributed by atoms with Crippen LogP contribution < -0.4 is 5.48 Å². The Kier molecular flexibility index (Phi) is 4.15. The lowest BCUT2D eigenvalue weighted by molar-refractivity contribution is 0.227. The van der Waals surface area contributed by atoms with E-state index in [1.54, 1.807) is 30.3 Å². The minimum Gasteiger partial charge on any atom is -0.506 e. The lowest BCUT2D eigenvalue weighted by Crippen LogP contribution is -2.00. The maximum Gasteiger partial charge on any atom is 0.140 e. The SMILES string of the molecule is Oc1ccccc1NOCC=CCl. The Morgan fingerprint density at radius 3 is 2.92 bits per heavy atom. The van der Waals surface area contributed by atoms with E-state index in [0.29, 0.717) is 12.3 Å². The van der Waals surface area contributed by atoms with E-state index in [-0.39, 0.29) is 5.75 Å². The molecule has 0 radical (unpaired) electrons. The number of phenolic OH excluding ortho intramolecular Hbond substituents is 1. The molecule has 70 valence electrons. The predicted molar refractivity (Wildman–Crippen MR) is 52.7 cm³/mol. The molecular formula is C9H10ClNO2. The zero-order valence-corrected chi connectivity index (χ0v) is 7.66. The third kappa shape index (κ3) is 3.36. The van der Waals surface area contributed by atoms with E-state index in [9.17, 15) is 5.11 Å². The van der Waals surface area contributed by atoms with Crippen molar-refractivity contribution in [3.05, 3.63) is 35.9 Å². The van der Waals surface area contributed by atoms with Gasteiger partial charge in [0, 0.05) is 5.54 Å². The fourth-order valence-corrected chi connectivity index (χ4v) is 0.837. The molecule has 0 atom stereocenters. The zero-order valence-electron chi connectivity index (χ0n) is 6.90. The van der Waals surface area contributed by atoms with E-state index in [2.05, 4.69) is 5.48 Å². The molecule has 0 heterocycles. The molecular weight excluding hydrogens is 190 g/mol. The topological polar surface area (TPSA) is 41.5 Å². The summed E-state index contributed by atoms with van der Waals surface area (Å²) in [5.74, 6) is 0.150. The summed E-state index contributed by atoms with van der Waals surface area (Å²) in [6.07, 6.45) is 1.63. The van der Waals surface area contributed by atoms with Gasteiger partial charge in [-0.3, -0.25) is 10.3 Å². The Bertz CT molecular complexity index is 289. The average Bonchev–Trinajstić information content (AvgIpc) is 2.15. The number of phenols is 1. The zero-order chi connectivity index (χ0) is 9.52. The van der Waals surface area contributed by atoms with E-state index in [4.69, 9.17) is 16.4 Å². The third-order valence-corrected chi connectivity index (χ3v) is 1.53. The van der Waals surface area contributed by atoms with E-state index >= 15 is 0 Å². The summed E-state index contributed by atoms with van der Waals surface area (Å²) in [7, 11) is 0. The van der Waals surface area contributed by atoms with Crippen LogP contribution in [0.4, 0.5) is 5.69 Å². The van der Waals surface area contributed by atoms with Crippen LogP contribution in [0.5, 0.6) is 5.75 Å². The molecule has 0 aliphatic heterocycles. The molecule has 0 aliphatic rings. The minimum absolute atomic E-state index is 0.150. The van der Waals surface area contributed by atoms with Crippen LogP contribution in [0.15, 0.2) is 35.9 Å². The number of anilines is 1. The highest BCUT2D eigenvalue weighted by atomic mass is 35.5. The maximum absolute atomic E-state index is 9.28. The number of aromatic hydroxyl groups is 1. The number of rotatable bonds is 4. The van der Waals surface area contributed by atoms with E-state index in [1.165, 1.54) is 5.54 Å². The smallest absolute Gasteiger partial charge is 0.140 e. The first kappa shape index (κ1) is 9.89. The summed E-state index contributed by atoms with van der Waals surface area (Å²) >= 11 is 5.28. The first-order valence-electron chi connectivity index (χ1n) is 3.75. The first-order chi connectivity index (χ1) is 6.34. The van der Waals surface area contributed by atoms with Crippen molar-refractivity contribution >= 4 is 17.3 Å². The molecule has 0 saturated heterocycles. The molecule has 0 aliphatic carbocycles. The van der Waals surface area contributed by atoms with E-state index in [1.807, 2.05) is 0 Å². The van der Waals surface area contributed by atoms with Gasteiger partial charge in [-0.25, -0.2) is 0 Å². The van der Waals surface area contributed by atoms with Crippen molar-refractivity contribution in [1.82, 2.24) is 0 Å². The molecule has 1 aromatic rings. The molecule has 1 rings (SSSR count). The number of benzene rings is 1.